The van der Waals surface area contributed by atoms with E-state index in [4.69, 9.17) is 11.6 Å². The Morgan fingerprint density at radius 1 is 1.00 bits per heavy atom. The summed E-state index contributed by atoms with van der Waals surface area (Å²) in [6.45, 7) is 2.64. The molecule has 0 radical (unpaired) electrons. The lowest BCUT2D eigenvalue weighted by Crippen LogP contribution is -2.53. The summed E-state index contributed by atoms with van der Waals surface area (Å²) in [4.78, 5) is 28.0. The topological polar surface area (TPSA) is 64.7 Å². The van der Waals surface area contributed by atoms with Crippen LogP contribution in [0.2, 0.25) is 5.02 Å². The van der Waals surface area contributed by atoms with E-state index < -0.39 is 0 Å². The number of halogens is 2. The molecule has 0 bridgehead atoms. The van der Waals surface area contributed by atoms with Gasteiger partial charge in [-0.25, -0.2) is 9.18 Å². The number of nitrogens with zero attached hydrogens (tertiary/aromatic N) is 2. The average Bonchev–Trinajstić information content (AvgIpc) is 2.71. The maximum atomic E-state index is 13.0. The van der Waals surface area contributed by atoms with E-state index in [1.54, 1.807) is 29.2 Å². The van der Waals surface area contributed by atoms with E-state index in [9.17, 15) is 14.0 Å². The zero-order valence-corrected chi connectivity index (χ0v) is 16.1. The van der Waals surface area contributed by atoms with Crippen LogP contribution in [0.4, 0.5) is 14.9 Å². The van der Waals surface area contributed by atoms with Gasteiger partial charge < -0.3 is 20.4 Å². The van der Waals surface area contributed by atoms with Gasteiger partial charge in [0.2, 0.25) is 5.91 Å². The Labute approximate surface area is 168 Å². The molecular weight excluding hydrogens is 383 g/mol. The second-order valence-corrected chi connectivity index (χ2v) is 6.95. The predicted octanol–water partition coefficient (Wildman–Crippen LogP) is 2.63. The molecular formula is C20H22ClFN4O2. The lowest BCUT2D eigenvalue weighted by molar-refractivity contribution is -0.120. The molecule has 1 fully saturated rings. The van der Waals surface area contributed by atoms with Crippen molar-refractivity contribution in [2.24, 2.45) is 0 Å². The third-order valence-corrected chi connectivity index (χ3v) is 4.77. The van der Waals surface area contributed by atoms with Gasteiger partial charge in [-0.3, -0.25) is 4.79 Å². The van der Waals surface area contributed by atoms with Crippen molar-refractivity contribution in [2.45, 2.75) is 6.54 Å². The first kappa shape index (κ1) is 19.9. The highest BCUT2D eigenvalue weighted by molar-refractivity contribution is 6.30. The summed E-state index contributed by atoms with van der Waals surface area (Å²) in [6.07, 6.45) is 0. The van der Waals surface area contributed by atoms with Gasteiger partial charge in [-0.1, -0.05) is 23.7 Å². The molecule has 0 aliphatic carbocycles. The van der Waals surface area contributed by atoms with Crippen molar-refractivity contribution >= 4 is 29.2 Å². The second-order valence-electron chi connectivity index (χ2n) is 6.52. The number of carbonyl (C=O) groups excluding carboxylic acids is 2. The third kappa shape index (κ3) is 5.60. The van der Waals surface area contributed by atoms with Crippen LogP contribution < -0.4 is 15.5 Å². The lowest BCUT2D eigenvalue weighted by Gasteiger charge is -2.36. The van der Waals surface area contributed by atoms with E-state index in [1.165, 1.54) is 12.1 Å². The monoisotopic (exact) mass is 404 g/mol. The first-order valence-electron chi connectivity index (χ1n) is 9.06. The lowest BCUT2D eigenvalue weighted by atomic mass is 10.2. The Balaban J connectivity index is 1.38. The van der Waals surface area contributed by atoms with E-state index in [0.29, 0.717) is 37.7 Å². The number of carbonyl (C=O) groups is 2. The zero-order valence-electron chi connectivity index (χ0n) is 15.3. The fourth-order valence-electron chi connectivity index (χ4n) is 3.00. The van der Waals surface area contributed by atoms with Gasteiger partial charge in [0, 0.05) is 43.4 Å². The van der Waals surface area contributed by atoms with Crippen LogP contribution >= 0.6 is 11.6 Å². The van der Waals surface area contributed by atoms with E-state index in [-0.39, 0.29) is 24.3 Å². The summed E-state index contributed by atoms with van der Waals surface area (Å²) in [6, 6.07) is 13.3. The fourth-order valence-corrected chi connectivity index (χ4v) is 3.21. The molecule has 2 aromatic rings. The molecule has 2 aromatic carbocycles. The molecule has 1 heterocycles. The second kappa shape index (κ2) is 9.41. The Morgan fingerprint density at radius 3 is 2.39 bits per heavy atom. The van der Waals surface area contributed by atoms with Crippen LogP contribution in [0.5, 0.6) is 0 Å². The molecule has 28 heavy (non-hydrogen) atoms. The highest BCUT2D eigenvalue weighted by Crippen LogP contribution is 2.16. The molecule has 2 N–H and O–H groups in total. The van der Waals surface area contributed by atoms with Crippen molar-refractivity contribution in [3.63, 3.8) is 0 Å². The van der Waals surface area contributed by atoms with Gasteiger partial charge in [0.05, 0.1) is 6.54 Å². The van der Waals surface area contributed by atoms with Crippen molar-refractivity contribution in [1.29, 1.82) is 0 Å². The molecule has 0 saturated carbocycles. The van der Waals surface area contributed by atoms with Crippen molar-refractivity contribution in [3.8, 4) is 0 Å². The Morgan fingerprint density at radius 2 is 1.71 bits per heavy atom. The maximum absolute atomic E-state index is 13.0. The molecule has 1 aliphatic rings. The molecule has 1 saturated heterocycles. The summed E-state index contributed by atoms with van der Waals surface area (Å²) in [5.74, 6) is -0.534. The van der Waals surface area contributed by atoms with E-state index in [2.05, 4.69) is 15.5 Å². The third-order valence-electron chi connectivity index (χ3n) is 4.54. The molecule has 148 valence electrons. The van der Waals surface area contributed by atoms with Crippen LogP contribution in [0.15, 0.2) is 48.5 Å². The summed E-state index contributed by atoms with van der Waals surface area (Å²) in [5.41, 5.74) is 1.82. The molecule has 3 rings (SSSR count). The molecule has 8 heteroatoms. The molecule has 0 aromatic heterocycles. The van der Waals surface area contributed by atoms with Crippen LogP contribution in [0.25, 0.3) is 0 Å². The van der Waals surface area contributed by atoms with Gasteiger partial charge in [-0.05, 0) is 42.0 Å². The average molecular weight is 405 g/mol. The van der Waals surface area contributed by atoms with E-state index in [1.807, 2.05) is 12.1 Å². The van der Waals surface area contributed by atoms with Gasteiger partial charge >= 0.3 is 6.03 Å². The summed E-state index contributed by atoms with van der Waals surface area (Å²) >= 11 is 5.91. The minimum Gasteiger partial charge on any atom is -0.368 e. The fraction of sp³-hybridized carbons (Fsp3) is 0.300. The highest BCUT2D eigenvalue weighted by Gasteiger charge is 2.21. The zero-order chi connectivity index (χ0) is 19.9. The Kier molecular flexibility index (Phi) is 6.71. The minimum atomic E-state index is -0.268. The summed E-state index contributed by atoms with van der Waals surface area (Å²) in [7, 11) is 0. The number of hydrogen-bond donors (Lipinski definition) is 2. The number of amides is 3. The van der Waals surface area contributed by atoms with Crippen molar-refractivity contribution in [3.05, 3.63) is 64.9 Å². The molecule has 0 spiro atoms. The molecule has 1 aliphatic heterocycles. The summed E-state index contributed by atoms with van der Waals surface area (Å²) < 4.78 is 13.0. The Hall–Kier alpha value is -2.80. The quantitative estimate of drug-likeness (QED) is 0.805. The van der Waals surface area contributed by atoms with E-state index in [0.717, 1.165) is 11.3 Å². The van der Waals surface area contributed by atoms with Crippen molar-refractivity contribution in [1.82, 2.24) is 15.5 Å². The minimum absolute atomic E-state index is 0.0857. The normalized spacial score (nSPS) is 13.9. The largest absolute Gasteiger partial charge is 0.368 e. The number of nitrogens with one attached hydrogen (secondary N) is 2. The highest BCUT2D eigenvalue weighted by atomic mass is 35.5. The number of urea groups is 1. The molecule has 6 nitrogen and oxygen atoms in total. The van der Waals surface area contributed by atoms with Crippen molar-refractivity contribution in [2.75, 3.05) is 37.6 Å². The van der Waals surface area contributed by atoms with Gasteiger partial charge in [0.15, 0.2) is 0 Å². The van der Waals surface area contributed by atoms with Gasteiger partial charge in [-0.2, -0.15) is 0 Å². The SMILES string of the molecule is O=C(CNC(=O)N1CCN(c2ccc(F)cc2)CC1)NCc1cccc(Cl)c1. The number of hydrogen-bond acceptors (Lipinski definition) is 3. The summed E-state index contributed by atoms with van der Waals surface area (Å²) in [5, 5.41) is 6.00. The number of benzene rings is 2. The van der Waals surface area contributed by atoms with Crippen LogP contribution in [0, 0.1) is 5.82 Å². The first-order chi connectivity index (χ1) is 13.5. The van der Waals surface area contributed by atoms with Crippen molar-refractivity contribution < 1.29 is 14.0 Å². The first-order valence-corrected chi connectivity index (χ1v) is 9.43. The van der Waals surface area contributed by atoms with Crippen LogP contribution in [0.3, 0.4) is 0 Å². The van der Waals surface area contributed by atoms with Crippen LogP contribution in [0.1, 0.15) is 5.56 Å². The number of rotatable bonds is 5. The standard InChI is InChI=1S/C20H22ClFN4O2/c21-16-3-1-2-15(12-16)13-23-19(27)14-24-20(28)26-10-8-25(9-11-26)18-6-4-17(22)5-7-18/h1-7,12H,8-11,13-14H2,(H,23,27)(H,24,28). The van der Waals surface area contributed by atoms with E-state index >= 15 is 0 Å². The van der Waals surface area contributed by atoms with Gasteiger partial charge in [-0.15, -0.1) is 0 Å². The maximum Gasteiger partial charge on any atom is 0.317 e. The van der Waals surface area contributed by atoms with Crippen LogP contribution in [-0.4, -0.2) is 49.6 Å². The van der Waals surface area contributed by atoms with Gasteiger partial charge in [0.1, 0.15) is 5.82 Å². The Bertz CT molecular complexity index is 823. The molecule has 0 atom stereocenters. The number of piperazine rings is 1. The van der Waals surface area contributed by atoms with Crippen LogP contribution in [-0.2, 0) is 11.3 Å². The predicted molar refractivity (Wildman–Crippen MR) is 107 cm³/mol. The molecule has 0 unspecified atom stereocenters. The number of anilines is 1. The smallest absolute Gasteiger partial charge is 0.317 e. The molecule has 3 amide bonds. The van der Waals surface area contributed by atoms with Gasteiger partial charge in [0.25, 0.3) is 0 Å².